The zero-order chi connectivity index (χ0) is 13.7. The first-order valence-corrected chi connectivity index (χ1v) is 5.31. The molecule has 0 unspecified atom stereocenters. The molecule has 0 bridgehead atoms. The van der Waals surface area contributed by atoms with Crippen molar-refractivity contribution in [3.8, 4) is 6.07 Å². The molecule has 18 heavy (non-hydrogen) atoms. The Morgan fingerprint density at radius 2 is 2.22 bits per heavy atom. The highest BCUT2D eigenvalue weighted by Crippen LogP contribution is 2.28. The Hall–Kier alpha value is -2.42. The van der Waals surface area contributed by atoms with E-state index in [9.17, 15) is 14.9 Å². The van der Waals surface area contributed by atoms with E-state index in [1.165, 1.54) is 19.2 Å². The molecular weight excluding hydrogens is 236 g/mol. The molecule has 1 aromatic rings. The first-order valence-electron chi connectivity index (χ1n) is 5.31. The Labute approximate surface area is 104 Å². The van der Waals surface area contributed by atoms with Crippen LogP contribution < -0.4 is 0 Å². The van der Waals surface area contributed by atoms with Crippen LogP contribution in [0.15, 0.2) is 12.1 Å². The average molecular weight is 248 g/mol. The van der Waals surface area contributed by atoms with Crippen LogP contribution in [-0.2, 0) is 22.4 Å². The Morgan fingerprint density at radius 1 is 1.56 bits per heavy atom. The molecule has 6 nitrogen and oxygen atoms in total. The maximum atomic E-state index is 11.3. The predicted octanol–water partition coefficient (Wildman–Crippen LogP) is 1.74. The normalized spacial score (nSPS) is 9.61. The molecule has 1 aromatic carbocycles. The van der Waals surface area contributed by atoms with Gasteiger partial charge in [-0.05, 0) is 12.5 Å². The van der Waals surface area contributed by atoms with Crippen LogP contribution in [-0.4, -0.2) is 18.0 Å². The number of carbonyl (C=O) groups is 1. The van der Waals surface area contributed by atoms with Gasteiger partial charge in [0.05, 0.1) is 35.7 Å². The number of nitriles is 1. The van der Waals surface area contributed by atoms with E-state index >= 15 is 0 Å². The zero-order valence-electron chi connectivity index (χ0n) is 10.1. The van der Waals surface area contributed by atoms with E-state index in [2.05, 4.69) is 4.74 Å². The molecule has 0 spiro atoms. The third-order valence-electron chi connectivity index (χ3n) is 2.60. The molecule has 0 amide bonds. The average Bonchev–Trinajstić information content (AvgIpc) is 2.37. The van der Waals surface area contributed by atoms with Gasteiger partial charge in [-0.15, -0.1) is 0 Å². The molecule has 0 atom stereocenters. The minimum absolute atomic E-state index is 0.119. The number of nitrogens with zero attached hydrogens (tertiary/aromatic N) is 2. The Balaban J connectivity index is 3.46. The van der Waals surface area contributed by atoms with Gasteiger partial charge in [-0.3, -0.25) is 14.9 Å². The highest BCUT2D eigenvalue weighted by atomic mass is 16.6. The number of ether oxygens (including phenoxy) is 1. The topological polar surface area (TPSA) is 93.2 Å². The molecule has 0 aliphatic rings. The van der Waals surface area contributed by atoms with Crippen LogP contribution in [0.1, 0.15) is 23.6 Å². The van der Waals surface area contributed by atoms with Gasteiger partial charge in [0.25, 0.3) is 5.69 Å². The zero-order valence-corrected chi connectivity index (χ0v) is 10.1. The van der Waals surface area contributed by atoms with Gasteiger partial charge in [-0.1, -0.05) is 13.0 Å². The first-order chi connectivity index (χ1) is 8.54. The Kier molecular flexibility index (Phi) is 4.38. The number of methoxy groups -OCH3 is 1. The molecular formula is C12H12N2O4. The van der Waals surface area contributed by atoms with Gasteiger partial charge in [0, 0.05) is 5.56 Å². The molecule has 6 heteroatoms. The molecule has 0 fully saturated rings. The standard InChI is InChI=1S/C12H12N2O4/c1-3-8-4-5-9(7-13)10(6-11(15)18-2)12(8)14(16)17/h4-5H,3,6H2,1-2H3. The fourth-order valence-corrected chi connectivity index (χ4v) is 1.70. The molecule has 0 saturated carbocycles. The summed E-state index contributed by atoms with van der Waals surface area (Å²) in [5, 5.41) is 20.0. The minimum atomic E-state index is -0.608. The number of rotatable bonds is 4. The fourth-order valence-electron chi connectivity index (χ4n) is 1.70. The lowest BCUT2D eigenvalue weighted by molar-refractivity contribution is -0.386. The van der Waals surface area contributed by atoms with Crippen LogP contribution in [0.4, 0.5) is 5.69 Å². The van der Waals surface area contributed by atoms with Gasteiger partial charge in [0.1, 0.15) is 0 Å². The summed E-state index contributed by atoms with van der Waals surface area (Å²) in [6.07, 6.45) is 0.180. The molecule has 0 radical (unpaired) electrons. The van der Waals surface area contributed by atoms with Crippen molar-refractivity contribution in [3.63, 3.8) is 0 Å². The monoisotopic (exact) mass is 248 g/mol. The molecule has 0 saturated heterocycles. The number of esters is 1. The van der Waals surface area contributed by atoms with Gasteiger partial charge in [-0.2, -0.15) is 5.26 Å². The Bertz CT molecular complexity index is 532. The smallest absolute Gasteiger partial charge is 0.310 e. The number of hydrogen-bond donors (Lipinski definition) is 0. The lowest BCUT2D eigenvalue weighted by Crippen LogP contribution is -2.10. The lowest BCUT2D eigenvalue weighted by atomic mass is 9.98. The number of benzene rings is 1. The largest absolute Gasteiger partial charge is 0.469 e. The first kappa shape index (κ1) is 13.6. The van der Waals surface area contributed by atoms with E-state index < -0.39 is 10.9 Å². The van der Waals surface area contributed by atoms with E-state index in [0.717, 1.165) is 0 Å². The van der Waals surface area contributed by atoms with E-state index in [4.69, 9.17) is 5.26 Å². The Morgan fingerprint density at radius 3 is 2.67 bits per heavy atom. The third kappa shape index (κ3) is 2.63. The molecule has 0 N–H and O–H groups in total. The second-order valence-corrected chi connectivity index (χ2v) is 3.57. The second kappa shape index (κ2) is 5.77. The fraction of sp³-hybridized carbons (Fsp3) is 0.333. The number of hydrogen-bond acceptors (Lipinski definition) is 5. The van der Waals surface area contributed by atoms with Gasteiger partial charge in [0.15, 0.2) is 0 Å². The summed E-state index contributed by atoms with van der Waals surface area (Å²) in [4.78, 5) is 21.8. The van der Waals surface area contributed by atoms with Crippen LogP contribution >= 0.6 is 0 Å². The number of carbonyl (C=O) groups excluding carboxylic acids is 1. The molecule has 94 valence electrons. The van der Waals surface area contributed by atoms with E-state index in [1.54, 1.807) is 6.92 Å². The van der Waals surface area contributed by atoms with Gasteiger partial charge in [0.2, 0.25) is 0 Å². The number of nitro groups is 1. The van der Waals surface area contributed by atoms with Crippen LogP contribution in [0.2, 0.25) is 0 Å². The van der Waals surface area contributed by atoms with Crippen molar-refractivity contribution >= 4 is 11.7 Å². The summed E-state index contributed by atoms with van der Waals surface area (Å²) in [6.45, 7) is 1.77. The van der Waals surface area contributed by atoms with Crippen LogP contribution in [0.25, 0.3) is 0 Å². The molecule has 0 heterocycles. The van der Waals surface area contributed by atoms with Crippen molar-refractivity contribution in [2.75, 3.05) is 7.11 Å². The highest BCUT2D eigenvalue weighted by Gasteiger charge is 2.24. The maximum absolute atomic E-state index is 11.3. The van der Waals surface area contributed by atoms with Crippen molar-refractivity contribution in [2.24, 2.45) is 0 Å². The maximum Gasteiger partial charge on any atom is 0.310 e. The van der Waals surface area contributed by atoms with E-state index in [-0.39, 0.29) is 23.2 Å². The van der Waals surface area contributed by atoms with Crippen LogP contribution in [0.3, 0.4) is 0 Å². The van der Waals surface area contributed by atoms with Crippen molar-refractivity contribution in [2.45, 2.75) is 19.8 Å². The quantitative estimate of drug-likeness (QED) is 0.459. The summed E-state index contributed by atoms with van der Waals surface area (Å²) in [5.74, 6) is -0.608. The van der Waals surface area contributed by atoms with Crippen LogP contribution in [0, 0.1) is 21.4 Å². The summed E-state index contributed by atoms with van der Waals surface area (Å²) in [5.41, 5.74) is 0.581. The second-order valence-electron chi connectivity index (χ2n) is 3.57. The van der Waals surface area contributed by atoms with Crippen molar-refractivity contribution < 1.29 is 14.5 Å². The molecule has 0 aromatic heterocycles. The molecule has 0 aliphatic carbocycles. The number of nitro benzene ring substituents is 1. The third-order valence-corrected chi connectivity index (χ3v) is 2.60. The minimum Gasteiger partial charge on any atom is -0.469 e. The molecule has 0 aliphatic heterocycles. The van der Waals surface area contributed by atoms with Crippen LogP contribution in [0.5, 0.6) is 0 Å². The van der Waals surface area contributed by atoms with E-state index in [0.29, 0.717) is 12.0 Å². The summed E-state index contributed by atoms with van der Waals surface area (Å²) >= 11 is 0. The van der Waals surface area contributed by atoms with Gasteiger partial charge < -0.3 is 4.74 Å². The van der Waals surface area contributed by atoms with Gasteiger partial charge >= 0.3 is 5.97 Å². The lowest BCUT2D eigenvalue weighted by Gasteiger charge is -2.07. The van der Waals surface area contributed by atoms with Gasteiger partial charge in [-0.25, -0.2) is 0 Å². The highest BCUT2D eigenvalue weighted by molar-refractivity contribution is 5.76. The van der Waals surface area contributed by atoms with E-state index in [1.807, 2.05) is 6.07 Å². The summed E-state index contributed by atoms with van der Waals surface area (Å²) < 4.78 is 4.49. The predicted molar refractivity (Wildman–Crippen MR) is 62.9 cm³/mol. The van der Waals surface area contributed by atoms with Crippen molar-refractivity contribution in [1.29, 1.82) is 5.26 Å². The van der Waals surface area contributed by atoms with Crippen molar-refractivity contribution in [3.05, 3.63) is 38.9 Å². The summed E-state index contributed by atoms with van der Waals surface area (Å²) in [6, 6.07) is 4.89. The molecule has 1 rings (SSSR count). The number of aryl methyl sites for hydroxylation is 1. The summed E-state index contributed by atoms with van der Waals surface area (Å²) in [7, 11) is 1.20. The SMILES string of the molecule is CCc1ccc(C#N)c(CC(=O)OC)c1[N+](=O)[O-]. The van der Waals surface area contributed by atoms with Crippen molar-refractivity contribution in [1.82, 2.24) is 0 Å².